The van der Waals surface area contributed by atoms with Gasteiger partial charge < -0.3 is 14.8 Å². The van der Waals surface area contributed by atoms with Crippen LogP contribution in [0.5, 0.6) is 5.75 Å². The maximum absolute atomic E-state index is 5.87. The third-order valence-corrected chi connectivity index (χ3v) is 2.88. The fourth-order valence-electron chi connectivity index (χ4n) is 1.25. The molecule has 0 aromatic heterocycles. The Morgan fingerprint density at radius 1 is 1.12 bits per heavy atom. The van der Waals surface area contributed by atoms with Gasteiger partial charge in [-0.15, -0.1) is 0 Å². The smallest absolute Gasteiger partial charge is 0.120 e. The Hall–Kier alpha value is -0.480. The van der Waals surface area contributed by atoms with Gasteiger partial charge in [-0.25, -0.2) is 0 Å². The molecule has 1 aromatic carbocycles. The monoisotopic (exact) mass is 277 g/mol. The third kappa shape index (κ3) is 6.13. The Morgan fingerprint density at radius 3 is 2.65 bits per heavy atom. The van der Waals surface area contributed by atoms with Crippen LogP contribution < -0.4 is 10.1 Å². The summed E-state index contributed by atoms with van der Waals surface area (Å²) >= 11 is 11.7. The van der Waals surface area contributed by atoms with Crippen molar-refractivity contribution in [2.75, 3.05) is 33.4 Å². The highest BCUT2D eigenvalue weighted by atomic mass is 35.5. The van der Waals surface area contributed by atoms with Gasteiger partial charge in [0.05, 0.1) is 23.3 Å². The van der Waals surface area contributed by atoms with E-state index in [1.54, 1.807) is 19.2 Å². The summed E-state index contributed by atoms with van der Waals surface area (Å²) in [5.41, 5.74) is 0. The van der Waals surface area contributed by atoms with E-state index in [0.717, 1.165) is 31.9 Å². The molecular weight excluding hydrogens is 261 g/mol. The molecular formula is C12H17Cl2NO2. The van der Waals surface area contributed by atoms with Crippen LogP contribution in [0.2, 0.25) is 10.0 Å². The van der Waals surface area contributed by atoms with Crippen molar-refractivity contribution in [1.82, 2.24) is 5.32 Å². The molecule has 0 aliphatic heterocycles. The molecule has 0 aliphatic rings. The molecule has 1 rings (SSSR count). The SMILES string of the molecule is COCCNCCCOc1ccc(Cl)c(Cl)c1. The molecule has 0 bridgehead atoms. The van der Waals surface area contributed by atoms with Gasteiger partial charge in [-0.05, 0) is 25.1 Å². The number of nitrogens with one attached hydrogen (secondary N) is 1. The lowest BCUT2D eigenvalue weighted by Crippen LogP contribution is -2.21. The van der Waals surface area contributed by atoms with Crippen LogP contribution in [-0.4, -0.2) is 33.4 Å². The first-order chi connectivity index (χ1) is 8.24. The van der Waals surface area contributed by atoms with Crippen molar-refractivity contribution >= 4 is 23.2 Å². The Bertz CT molecular complexity index is 334. The molecule has 0 saturated heterocycles. The number of methoxy groups -OCH3 is 1. The standard InChI is InChI=1S/C12H17Cl2NO2/c1-16-8-6-15-5-2-7-17-10-3-4-11(13)12(14)9-10/h3-4,9,15H,2,5-8H2,1H3. The van der Waals surface area contributed by atoms with Crippen LogP contribution in [0.1, 0.15) is 6.42 Å². The summed E-state index contributed by atoms with van der Waals surface area (Å²) in [6, 6.07) is 5.27. The largest absolute Gasteiger partial charge is 0.493 e. The van der Waals surface area contributed by atoms with Gasteiger partial charge in [-0.3, -0.25) is 0 Å². The molecule has 17 heavy (non-hydrogen) atoms. The zero-order valence-corrected chi connectivity index (χ0v) is 11.4. The van der Waals surface area contributed by atoms with Gasteiger partial charge in [0.15, 0.2) is 0 Å². The van der Waals surface area contributed by atoms with E-state index in [9.17, 15) is 0 Å². The molecule has 0 atom stereocenters. The Balaban J connectivity index is 2.11. The molecule has 0 saturated carbocycles. The normalized spacial score (nSPS) is 10.5. The number of benzene rings is 1. The van der Waals surface area contributed by atoms with Gasteiger partial charge >= 0.3 is 0 Å². The Kier molecular flexibility index (Phi) is 7.37. The van der Waals surface area contributed by atoms with Crippen LogP contribution in [0.3, 0.4) is 0 Å². The van der Waals surface area contributed by atoms with Crippen molar-refractivity contribution in [3.05, 3.63) is 28.2 Å². The molecule has 3 nitrogen and oxygen atoms in total. The molecule has 0 unspecified atom stereocenters. The predicted molar refractivity (Wildman–Crippen MR) is 71.3 cm³/mol. The van der Waals surface area contributed by atoms with E-state index in [4.69, 9.17) is 32.7 Å². The number of hydrogen-bond donors (Lipinski definition) is 1. The van der Waals surface area contributed by atoms with E-state index in [1.807, 2.05) is 6.07 Å². The Labute approximate surface area is 112 Å². The van der Waals surface area contributed by atoms with Crippen LogP contribution in [0, 0.1) is 0 Å². The molecule has 1 aromatic rings. The first-order valence-corrected chi connectivity index (χ1v) is 6.27. The van der Waals surface area contributed by atoms with E-state index < -0.39 is 0 Å². The first-order valence-electron chi connectivity index (χ1n) is 5.51. The minimum absolute atomic E-state index is 0.516. The summed E-state index contributed by atoms with van der Waals surface area (Å²) < 4.78 is 10.5. The maximum Gasteiger partial charge on any atom is 0.120 e. The van der Waals surface area contributed by atoms with E-state index in [1.165, 1.54) is 0 Å². The van der Waals surface area contributed by atoms with Crippen molar-refractivity contribution in [3.8, 4) is 5.75 Å². The molecule has 0 fully saturated rings. The molecule has 0 aliphatic carbocycles. The van der Waals surface area contributed by atoms with Crippen molar-refractivity contribution in [1.29, 1.82) is 0 Å². The predicted octanol–water partition coefficient (Wildman–Crippen LogP) is 3.00. The second kappa shape index (κ2) is 8.59. The van der Waals surface area contributed by atoms with E-state index in [0.29, 0.717) is 16.7 Å². The number of ether oxygens (including phenoxy) is 2. The van der Waals surface area contributed by atoms with Crippen LogP contribution in [-0.2, 0) is 4.74 Å². The van der Waals surface area contributed by atoms with Crippen LogP contribution in [0.15, 0.2) is 18.2 Å². The molecule has 0 amide bonds. The molecule has 0 spiro atoms. The lowest BCUT2D eigenvalue weighted by Gasteiger charge is -2.07. The topological polar surface area (TPSA) is 30.5 Å². The van der Waals surface area contributed by atoms with E-state index >= 15 is 0 Å². The van der Waals surface area contributed by atoms with E-state index in [2.05, 4.69) is 5.32 Å². The summed E-state index contributed by atoms with van der Waals surface area (Å²) in [6.07, 6.45) is 0.934. The highest BCUT2D eigenvalue weighted by molar-refractivity contribution is 6.42. The second-order valence-corrected chi connectivity index (χ2v) is 4.34. The summed E-state index contributed by atoms with van der Waals surface area (Å²) in [5, 5.41) is 4.30. The fourth-order valence-corrected chi connectivity index (χ4v) is 1.54. The molecule has 5 heteroatoms. The highest BCUT2D eigenvalue weighted by Crippen LogP contribution is 2.26. The number of halogens is 2. The zero-order chi connectivity index (χ0) is 12.5. The van der Waals surface area contributed by atoms with Gasteiger partial charge in [-0.1, -0.05) is 23.2 Å². The summed E-state index contributed by atoms with van der Waals surface area (Å²) in [4.78, 5) is 0. The zero-order valence-electron chi connectivity index (χ0n) is 9.84. The average Bonchev–Trinajstić information content (AvgIpc) is 2.32. The average molecular weight is 278 g/mol. The first kappa shape index (κ1) is 14.6. The van der Waals surface area contributed by atoms with Crippen molar-refractivity contribution in [2.24, 2.45) is 0 Å². The van der Waals surface area contributed by atoms with Crippen molar-refractivity contribution in [2.45, 2.75) is 6.42 Å². The second-order valence-electron chi connectivity index (χ2n) is 3.52. The maximum atomic E-state index is 5.87. The van der Waals surface area contributed by atoms with Gasteiger partial charge in [-0.2, -0.15) is 0 Å². The molecule has 0 radical (unpaired) electrons. The molecule has 96 valence electrons. The Morgan fingerprint density at radius 2 is 1.94 bits per heavy atom. The summed E-state index contributed by atoms with van der Waals surface area (Å²) in [5.74, 6) is 0.747. The molecule has 0 heterocycles. The fraction of sp³-hybridized carbons (Fsp3) is 0.500. The van der Waals surface area contributed by atoms with Crippen LogP contribution >= 0.6 is 23.2 Å². The van der Waals surface area contributed by atoms with Crippen molar-refractivity contribution in [3.63, 3.8) is 0 Å². The minimum atomic E-state index is 0.516. The lowest BCUT2D eigenvalue weighted by atomic mass is 10.3. The highest BCUT2D eigenvalue weighted by Gasteiger charge is 1.99. The quantitative estimate of drug-likeness (QED) is 0.741. The van der Waals surface area contributed by atoms with Crippen LogP contribution in [0.4, 0.5) is 0 Å². The minimum Gasteiger partial charge on any atom is -0.493 e. The van der Waals surface area contributed by atoms with E-state index in [-0.39, 0.29) is 0 Å². The summed E-state index contributed by atoms with van der Waals surface area (Å²) in [6.45, 7) is 3.15. The summed E-state index contributed by atoms with van der Waals surface area (Å²) in [7, 11) is 1.69. The number of hydrogen-bond acceptors (Lipinski definition) is 3. The van der Waals surface area contributed by atoms with Gasteiger partial charge in [0.2, 0.25) is 0 Å². The van der Waals surface area contributed by atoms with Gasteiger partial charge in [0.25, 0.3) is 0 Å². The lowest BCUT2D eigenvalue weighted by molar-refractivity contribution is 0.198. The number of rotatable bonds is 8. The van der Waals surface area contributed by atoms with Gasteiger partial charge in [0.1, 0.15) is 5.75 Å². The third-order valence-electron chi connectivity index (χ3n) is 2.14. The molecule has 1 N–H and O–H groups in total. The van der Waals surface area contributed by atoms with Crippen LogP contribution in [0.25, 0.3) is 0 Å². The van der Waals surface area contributed by atoms with Crippen molar-refractivity contribution < 1.29 is 9.47 Å². The van der Waals surface area contributed by atoms with Gasteiger partial charge in [0, 0.05) is 19.7 Å².